The zero-order valence-corrected chi connectivity index (χ0v) is 11.0. The number of nitrogens with zero attached hydrogens (tertiary/aromatic N) is 1. The van der Waals surface area contributed by atoms with E-state index in [4.69, 9.17) is 0 Å². The van der Waals surface area contributed by atoms with Gasteiger partial charge in [-0.2, -0.15) is 0 Å². The molecule has 0 radical (unpaired) electrons. The summed E-state index contributed by atoms with van der Waals surface area (Å²) in [5.41, 5.74) is 3.01. The van der Waals surface area contributed by atoms with Gasteiger partial charge in [-0.25, -0.2) is 0 Å². The number of hydrogen-bond acceptors (Lipinski definition) is 2. The molecule has 4 nitrogen and oxygen atoms in total. The summed E-state index contributed by atoms with van der Waals surface area (Å²) in [5, 5.41) is 2.63. The molecule has 2 rings (SSSR count). The zero-order chi connectivity index (χ0) is 13.3. The average Bonchev–Trinajstić information content (AvgIpc) is 2.30. The van der Waals surface area contributed by atoms with E-state index in [1.807, 2.05) is 32.9 Å². The van der Waals surface area contributed by atoms with E-state index in [2.05, 4.69) is 11.4 Å². The van der Waals surface area contributed by atoms with Crippen molar-refractivity contribution in [2.24, 2.45) is 0 Å². The van der Waals surface area contributed by atoms with E-state index in [9.17, 15) is 9.59 Å². The Morgan fingerprint density at radius 3 is 2.39 bits per heavy atom. The van der Waals surface area contributed by atoms with E-state index in [1.165, 1.54) is 0 Å². The van der Waals surface area contributed by atoms with Crippen molar-refractivity contribution in [2.45, 2.75) is 33.2 Å². The molecule has 1 heterocycles. The zero-order valence-electron chi connectivity index (χ0n) is 11.0. The summed E-state index contributed by atoms with van der Waals surface area (Å²) < 4.78 is 0. The fraction of sp³-hybridized carbons (Fsp3) is 0.429. The second kappa shape index (κ2) is 4.80. The summed E-state index contributed by atoms with van der Waals surface area (Å²) in [5.74, 6) is -0.122. The van der Waals surface area contributed by atoms with Gasteiger partial charge in [0.1, 0.15) is 6.04 Å². The Morgan fingerprint density at radius 2 is 1.83 bits per heavy atom. The monoisotopic (exact) mass is 246 g/mol. The van der Waals surface area contributed by atoms with Crippen molar-refractivity contribution >= 4 is 17.5 Å². The number of piperazine rings is 1. The van der Waals surface area contributed by atoms with Gasteiger partial charge in [0.15, 0.2) is 0 Å². The first-order valence-electron chi connectivity index (χ1n) is 6.21. The smallest absolute Gasteiger partial charge is 0.247 e. The molecule has 4 heteroatoms. The summed E-state index contributed by atoms with van der Waals surface area (Å²) in [4.78, 5) is 25.5. The number of amides is 2. The fourth-order valence-electron chi connectivity index (χ4n) is 2.44. The largest absolute Gasteiger partial charge is 0.345 e. The van der Waals surface area contributed by atoms with Crippen LogP contribution in [0, 0.1) is 13.8 Å². The van der Waals surface area contributed by atoms with Crippen LogP contribution >= 0.6 is 0 Å². The fourth-order valence-corrected chi connectivity index (χ4v) is 2.44. The summed E-state index contributed by atoms with van der Waals surface area (Å²) in [7, 11) is 0. The van der Waals surface area contributed by atoms with Gasteiger partial charge in [0.05, 0.1) is 6.54 Å². The molecule has 96 valence electrons. The number of nitrogens with one attached hydrogen (secondary N) is 1. The number of benzene rings is 1. The molecule has 1 unspecified atom stereocenters. The third-order valence-corrected chi connectivity index (χ3v) is 3.17. The predicted molar refractivity (Wildman–Crippen MR) is 70.5 cm³/mol. The van der Waals surface area contributed by atoms with Crippen LogP contribution in [0.25, 0.3) is 0 Å². The van der Waals surface area contributed by atoms with Gasteiger partial charge in [0.2, 0.25) is 11.8 Å². The van der Waals surface area contributed by atoms with Gasteiger partial charge in [-0.15, -0.1) is 0 Å². The van der Waals surface area contributed by atoms with E-state index in [-0.39, 0.29) is 18.4 Å². The number of aryl methyl sites for hydroxylation is 2. The van der Waals surface area contributed by atoms with Crippen LogP contribution in [0.2, 0.25) is 0 Å². The van der Waals surface area contributed by atoms with E-state index < -0.39 is 6.04 Å². The van der Waals surface area contributed by atoms with Crippen LogP contribution in [0.4, 0.5) is 5.69 Å². The second-order valence-corrected chi connectivity index (χ2v) is 4.75. The maximum atomic E-state index is 12.0. The third-order valence-electron chi connectivity index (χ3n) is 3.17. The van der Waals surface area contributed by atoms with Gasteiger partial charge in [-0.3, -0.25) is 14.5 Å². The molecule has 0 bridgehead atoms. The van der Waals surface area contributed by atoms with E-state index in [1.54, 1.807) is 4.90 Å². The Bertz CT molecular complexity index is 476. The number of carbonyl (C=O) groups is 2. The molecule has 0 aromatic heterocycles. The van der Waals surface area contributed by atoms with Crippen LogP contribution in [-0.4, -0.2) is 24.4 Å². The normalized spacial score (nSPS) is 19.9. The number of rotatable bonds is 2. The second-order valence-electron chi connectivity index (χ2n) is 4.75. The molecular weight excluding hydrogens is 228 g/mol. The lowest BCUT2D eigenvalue weighted by Gasteiger charge is -2.34. The molecule has 1 aliphatic rings. The maximum Gasteiger partial charge on any atom is 0.247 e. The van der Waals surface area contributed by atoms with Crippen molar-refractivity contribution in [2.75, 3.05) is 11.4 Å². The minimum absolute atomic E-state index is 0.0496. The van der Waals surface area contributed by atoms with Gasteiger partial charge in [0, 0.05) is 5.69 Å². The first-order valence-corrected chi connectivity index (χ1v) is 6.21. The Labute approximate surface area is 107 Å². The lowest BCUT2D eigenvalue weighted by Crippen LogP contribution is -2.58. The first-order chi connectivity index (χ1) is 8.52. The van der Waals surface area contributed by atoms with E-state index >= 15 is 0 Å². The minimum atomic E-state index is -0.396. The number of anilines is 1. The molecule has 1 aromatic carbocycles. The van der Waals surface area contributed by atoms with Crippen LogP contribution < -0.4 is 10.2 Å². The molecule has 0 saturated carbocycles. The van der Waals surface area contributed by atoms with Crippen molar-refractivity contribution < 1.29 is 9.59 Å². The van der Waals surface area contributed by atoms with Gasteiger partial charge >= 0.3 is 0 Å². The Kier molecular flexibility index (Phi) is 3.36. The van der Waals surface area contributed by atoms with Crippen molar-refractivity contribution in [3.8, 4) is 0 Å². The van der Waals surface area contributed by atoms with Crippen molar-refractivity contribution in [3.05, 3.63) is 29.3 Å². The molecule has 1 atom stereocenters. The third kappa shape index (κ3) is 2.23. The van der Waals surface area contributed by atoms with Gasteiger partial charge in [0.25, 0.3) is 0 Å². The van der Waals surface area contributed by atoms with Crippen LogP contribution in [-0.2, 0) is 9.59 Å². The predicted octanol–water partition coefficient (Wildman–Crippen LogP) is 1.54. The summed E-state index contributed by atoms with van der Waals surface area (Å²) in [6, 6.07) is 5.56. The molecule has 2 amide bonds. The highest BCUT2D eigenvalue weighted by Crippen LogP contribution is 2.24. The highest BCUT2D eigenvalue weighted by molar-refractivity contribution is 6.06. The topological polar surface area (TPSA) is 49.4 Å². The number of carbonyl (C=O) groups excluding carboxylic acids is 2. The van der Waals surface area contributed by atoms with E-state index in [0.717, 1.165) is 16.8 Å². The lowest BCUT2D eigenvalue weighted by molar-refractivity contribution is -0.131. The number of hydrogen-bond donors (Lipinski definition) is 1. The van der Waals surface area contributed by atoms with E-state index in [0.29, 0.717) is 6.42 Å². The molecule has 18 heavy (non-hydrogen) atoms. The quantitative estimate of drug-likeness (QED) is 0.860. The molecule has 1 N–H and O–H groups in total. The summed E-state index contributed by atoms with van der Waals surface area (Å²) in [6.07, 6.45) is 0.616. The Morgan fingerprint density at radius 1 is 1.22 bits per heavy atom. The molecule has 1 aromatic rings. The van der Waals surface area contributed by atoms with Crippen molar-refractivity contribution in [1.29, 1.82) is 0 Å². The Hall–Kier alpha value is -1.84. The molecule has 0 aliphatic carbocycles. The minimum Gasteiger partial charge on any atom is -0.345 e. The highest BCUT2D eigenvalue weighted by atomic mass is 16.2. The van der Waals surface area contributed by atoms with Gasteiger partial charge in [-0.05, 0) is 43.5 Å². The van der Waals surface area contributed by atoms with Crippen molar-refractivity contribution in [3.63, 3.8) is 0 Å². The van der Waals surface area contributed by atoms with Crippen LogP contribution in [0.3, 0.4) is 0 Å². The van der Waals surface area contributed by atoms with Gasteiger partial charge < -0.3 is 5.32 Å². The van der Waals surface area contributed by atoms with Crippen LogP contribution in [0.15, 0.2) is 18.2 Å². The molecular formula is C14H18N2O2. The first kappa shape index (κ1) is 12.6. The van der Waals surface area contributed by atoms with Crippen LogP contribution in [0.1, 0.15) is 24.5 Å². The van der Waals surface area contributed by atoms with Crippen molar-refractivity contribution in [1.82, 2.24) is 5.32 Å². The lowest BCUT2D eigenvalue weighted by atomic mass is 10.1. The highest BCUT2D eigenvalue weighted by Gasteiger charge is 2.34. The van der Waals surface area contributed by atoms with Crippen LogP contribution in [0.5, 0.6) is 0 Å². The molecule has 0 spiro atoms. The maximum absolute atomic E-state index is 12.0. The average molecular weight is 246 g/mol. The standard InChI is InChI=1S/C14H18N2O2/c1-4-12-14(18)15-8-13(17)16(12)11-6-9(2)5-10(3)7-11/h5-7,12H,4,8H2,1-3H3,(H,15,18). The summed E-state index contributed by atoms with van der Waals surface area (Å²) >= 11 is 0. The molecule has 1 saturated heterocycles. The SMILES string of the molecule is CCC1C(=O)NCC(=O)N1c1cc(C)cc(C)c1. The molecule has 1 aliphatic heterocycles. The Balaban J connectivity index is 2.44. The van der Waals surface area contributed by atoms with Gasteiger partial charge in [-0.1, -0.05) is 13.0 Å². The molecule has 1 fully saturated rings. The summed E-state index contributed by atoms with van der Waals surface area (Å²) in [6.45, 7) is 5.98.